The molecular weight excluding hydrogens is 228 g/mol. The number of nitrogens with one attached hydrogen (secondary N) is 2. The summed E-state index contributed by atoms with van der Waals surface area (Å²) in [6.45, 7) is 8.74. The van der Waals surface area contributed by atoms with Crippen molar-refractivity contribution < 1.29 is 4.79 Å². The SMILES string of the molecule is C/N=C(\N)NCCC[C@H](NC(C)C)C(=O)C(C)C. The van der Waals surface area contributed by atoms with Gasteiger partial charge in [0.2, 0.25) is 0 Å². The van der Waals surface area contributed by atoms with Gasteiger partial charge < -0.3 is 16.4 Å². The van der Waals surface area contributed by atoms with Crippen LogP contribution >= 0.6 is 0 Å². The third kappa shape index (κ3) is 7.27. The molecule has 18 heavy (non-hydrogen) atoms. The molecule has 5 nitrogen and oxygen atoms in total. The maximum atomic E-state index is 12.0. The van der Waals surface area contributed by atoms with Gasteiger partial charge in [-0.3, -0.25) is 9.79 Å². The van der Waals surface area contributed by atoms with Crippen molar-refractivity contribution in [2.24, 2.45) is 16.6 Å². The summed E-state index contributed by atoms with van der Waals surface area (Å²) in [5.74, 6) is 0.788. The minimum atomic E-state index is -0.0633. The number of Topliss-reactive ketones (excluding diaryl/α,β-unsaturated/α-hetero) is 1. The average Bonchev–Trinajstić information content (AvgIpc) is 2.30. The quantitative estimate of drug-likeness (QED) is 0.342. The van der Waals surface area contributed by atoms with E-state index in [1.54, 1.807) is 7.05 Å². The van der Waals surface area contributed by atoms with Gasteiger partial charge in [-0.15, -0.1) is 0 Å². The Labute approximate surface area is 111 Å². The lowest BCUT2D eigenvalue weighted by Gasteiger charge is -2.22. The molecule has 0 heterocycles. The van der Waals surface area contributed by atoms with Crippen LogP contribution in [0.15, 0.2) is 4.99 Å². The van der Waals surface area contributed by atoms with E-state index in [0.717, 1.165) is 19.4 Å². The van der Waals surface area contributed by atoms with Gasteiger partial charge in [-0.2, -0.15) is 0 Å². The van der Waals surface area contributed by atoms with Crippen molar-refractivity contribution in [3.05, 3.63) is 0 Å². The Morgan fingerprint density at radius 1 is 1.28 bits per heavy atom. The van der Waals surface area contributed by atoms with E-state index in [9.17, 15) is 4.79 Å². The van der Waals surface area contributed by atoms with Crippen molar-refractivity contribution in [1.82, 2.24) is 10.6 Å². The Bertz CT molecular complexity index is 274. The molecular formula is C13H28N4O. The second-order valence-corrected chi connectivity index (χ2v) is 5.11. The molecule has 0 unspecified atom stereocenters. The molecule has 0 aromatic heterocycles. The largest absolute Gasteiger partial charge is 0.370 e. The fourth-order valence-electron chi connectivity index (χ4n) is 1.71. The Morgan fingerprint density at radius 3 is 2.33 bits per heavy atom. The monoisotopic (exact) mass is 256 g/mol. The number of ketones is 1. The highest BCUT2D eigenvalue weighted by molar-refractivity contribution is 5.85. The highest BCUT2D eigenvalue weighted by Gasteiger charge is 2.20. The van der Waals surface area contributed by atoms with Gasteiger partial charge in [0.15, 0.2) is 11.7 Å². The summed E-state index contributed by atoms with van der Waals surface area (Å²) in [6, 6.07) is 0.250. The molecule has 0 rings (SSSR count). The van der Waals surface area contributed by atoms with E-state index in [4.69, 9.17) is 5.73 Å². The van der Waals surface area contributed by atoms with Gasteiger partial charge >= 0.3 is 0 Å². The standard InChI is InChI=1S/C13H28N4O/c1-9(2)12(18)11(17-10(3)4)7-6-8-16-13(14)15-5/h9-11,17H,6-8H2,1-5H3,(H3,14,15,16)/t11-/m0/s1. The maximum absolute atomic E-state index is 12.0. The molecule has 5 heteroatoms. The van der Waals surface area contributed by atoms with E-state index < -0.39 is 0 Å². The lowest BCUT2D eigenvalue weighted by Crippen LogP contribution is -2.43. The van der Waals surface area contributed by atoms with Crippen LogP contribution in [-0.4, -0.2) is 37.4 Å². The van der Waals surface area contributed by atoms with Crippen molar-refractivity contribution in [3.63, 3.8) is 0 Å². The highest BCUT2D eigenvalue weighted by atomic mass is 16.1. The van der Waals surface area contributed by atoms with Crippen LogP contribution in [0.5, 0.6) is 0 Å². The van der Waals surface area contributed by atoms with E-state index in [1.807, 2.05) is 13.8 Å². The van der Waals surface area contributed by atoms with E-state index >= 15 is 0 Å². The first kappa shape index (κ1) is 16.9. The molecule has 0 aromatic carbocycles. The molecule has 0 amide bonds. The molecule has 0 fully saturated rings. The summed E-state index contributed by atoms with van der Waals surface area (Å²) >= 11 is 0. The summed E-state index contributed by atoms with van der Waals surface area (Å²) < 4.78 is 0. The maximum Gasteiger partial charge on any atom is 0.188 e. The number of hydrogen-bond donors (Lipinski definition) is 3. The lowest BCUT2D eigenvalue weighted by molar-refractivity contribution is -0.124. The number of carbonyl (C=O) groups is 1. The first-order valence-electron chi connectivity index (χ1n) is 6.64. The van der Waals surface area contributed by atoms with Gasteiger partial charge in [0.1, 0.15) is 0 Å². The van der Waals surface area contributed by atoms with Crippen molar-refractivity contribution in [1.29, 1.82) is 0 Å². The third-order valence-electron chi connectivity index (χ3n) is 2.66. The number of nitrogens with two attached hydrogens (primary N) is 1. The molecule has 0 saturated heterocycles. The van der Waals surface area contributed by atoms with E-state index in [2.05, 4.69) is 29.5 Å². The summed E-state index contributed by atoms with van der Waals surface area (Å²) in [4.78, 5) is 15.8. The Kier molecular flexibility index (Phi) is 8.37. The highest BCUT2D eigenvalue weighted by Crippen LogP contribution is 2.06. The number of carbonyl (C=O) groups excluding carboxylic acids is 1. The zero-order chi connectivity index (χ0) is 14.1. The molecule has 1 atom stereocenters. The minimum absolute atomic E-state index is 0.0633. The van der Waals surface area contributed by atoms with Gasteiger partial charge in [-0.25, -0.2) is 0 Å². The fourth-order valence-corrected chi connectivity index (χ4v) is 1.71. The molecule has 0 spiro atoms. The normalized spacial score (nSPS) is 14.1. The molecule has 0 saturated carbocycles. The predicted octanol–water partition coefficient (Wildman–Crippen LogP) is 0.892. The smallest absolute Gasteiger partial charge is 0.188 e. The van der Waals surface area contributed by atoms with Gasteiger partial charge in [0, 0.05) is 25.6 Å². The molecule has 4 N–H and O–H groups in total. The van der Waals surface area contributed by atoms with Gasteiger partial charge in [-0.1, -0.05) is 27.7 Å². The second-order valence-electron chi connectivity index (χ2n) is 5.11. The molecule has 0 aromatic rings. The van der Waals surface area contributed by atoms with E-state index in [0.29, 0.717) is 12.0 Å². The Hall–Kier alpha value is -1.10. The molecule has 0 bridgehead atoms. The zero-order valence-electron chi connectivity index (χ0n) is 12.3. The zero-order valence-corrected chi connectivity index (χ0v) is 12.3. The van der Waals surface area contributed by atoms with Crippen LogP contribution in [0.2, 0.25) is 0 Å². The van der Waals surface area contributed by atoms with E-state index in [-0.39, 0.29) is 17.7 Å². The van der Waals surface area contributed by atoms with E-state index in [1.165, 1.54) is 0 Å². The second kappa shape index (κ2) is 8.91. The number of aliphatic imine (C=N–C) groups is 1. The first-order chi connectivity index (χ1) is 8.38. The number of rotatable bonds is 8. The average molecular weight is 256 g/mol. The van der Waals surface area contributed by atoms with Crippen molar-refractivity contribution in [2.45, 2.75) is 52.6 Å². The predicted molar refractivity (Wildman–Crippen MR) is 76.7 cm³/mol. The van der Waals surface area contributed by atoms with Crippen molar-refractivity contribution in [2.75, 3.05) is 13.6 Å². The van der Waals surface area contributed by atoms with Crippen LogP contribution in [0, 0.1) is 5.92 Å². The first-order valence-corrected chi connectivity index (χ1v) is 6.64. The Morgan fingerprint density at radius 2 is 1.89 bits per heavy atom. The van der Waals surface area contributed by atoms with Crippen LogP contribution in [0.4, 0.5) is 0 Å². The summed E-state index contributed by atoms with van der Waals surface area (Å²) in [6.07, 6.45) is 1.71. The topological polar surface area (TPSA) is 79.5 Å². The van der Waals surface area contributed by atoms with Crippen LogP contribution in [0.25, 0.3) is 0 Å². The molecule has 0 aliphatic heterocycles. The van der Waals surface area contributed by atoms with Crippen LogP contribution in [0.1, 0.15) is 40.5 Å². The van der Waals surface area contributed by atoms with Crippen LogP contribution in [0.3, 0.4) is 0 Å². The van der Waals surface area contributed by atoms with Crippen LogP contribution in [-0.2, 0) is 4.79 Å². The number of guanidine groups is 1. The summed E-state index contributed by atoms with van der Waals surface area (Å²) in [7, 11) is 1.65. The van der Waals surface area contributed by atoms with Gasteiger partial charge in [-0.05, 0) is 12.8 Å². The minimum Gasteiger partial charge on any atom is -0.370 e. The van der Waals surface area contributed by atoms with Crippen molar-refractivity contribution >= 4 is 11.7 Å². The molecule has 0 radical (unpaired) electrons. The number of nitrogens with zero attached hydrogens (tertiary/aromatic N) is 1. The summed E-state index contributed by atoms with van der Waals surface area (Å²) in [5.41, 5.74) is 5.53. The van der Waals surface area contributed by atoms with Gasteiger partial charge in [0.25, 0.3) is 0 Å². The lowest BCUT2D eigenvalue weighted by atomic mass is 9.97. The molecule has 0 aliphatic rings. The van der Waals surface area contributed by atoms with Crippen LogP contribution < -0.4 is 16.4 Å². The fraction of sp³-hybridized carbons (Fsp3) is 0.846. The Balaban J connectivity index is 4.13. The number of hydrogen-bond acceptors (Lipinski definition) is 3. The third-order valence-corrected chi connectivity index (χ3v) is 2.66. The summed E-state index contributed by atoms with van der Waals surface area (Å²) in [5, 5.41) is 6.32. The van der Waals surface area contributed by atoms with Gasteiger partial charge in [0.05, 0.1) is 6.04 Å². The molecule has 0 aliphatic carbocycles. The van der Waals surface area contributed by atoms with Crippen molar-refractivity contribution in [3.8, 4) is 0 Å². The molecule has 106 valence electrons.